The average Bonchev–Trinajstić information content (AvgIpc) is 2.67. The summed E-state index contributed by atoms with van der Waals surface area (Å²) in [6.07, 6.45) is 9.39. The van der Waals surface area contributed by atoms with Crippen LogP contribution in [0.2, 0.25) is 0 Å². The van der Waals surface area contributed by atoms with Gasteiger partial charge in [0, 0.05) is 54.8 Å². The molecule has 4 heteroatoms. The Labute approximate surface area is 178 Å². The second-order valence-corrected chi connectivity index (χ2v) is 8.85. The first-order valence-electron chi connectivity index (χ1n) is 10.9. The molecule has 0 bridgehead atoms. The molecular weight excluding hydrogens is 356 g/mol. The van der Waals surface area contributed by atoms with Crippen molar-refractivity contribution < 1.29 is 0 Å². The van der Waals surface area contributed by atoms with Crippen LogP contribution < -0.4 is 5.32 Å². The van der Waals surface area contributed by atoms with E-state index in [1.807, 2.05) is 6.92 Å². The van der Waals surface area contributed by atoms with Crippen molar-refractivity contribution in [3.05, 3.63) is 59.0 Å². The summed E-state index contributed by atoms with van der Waals surface area (Å²) in [6.45, 7) is 21.3. The van der Waals surface area contributed by atoms with Crippen LogP contribution >= 0.6 is 0 Å². The predicted molar refractivity (Wildman–Crippen MR) is 126 cm³/mol. The summed E-state index contributed by atoms with van der Waals surface area (Å²) in [6, 6.07) is 0.352. The van der Waals surface area contributed by atoms with Gasteiger partial charge < -0.3 is 20.5 Å². The zero-order valence-corrected chi connectivity index (χ0v) is 19.1. The lowest BCUT2D eigenvalue weighted by molar-refractivity contribution is 0.198. The molecule has 2 aliphatic heterocycles. The molecule has 0 aliphatic carbocycles. The van der Waals surface area contributed by atoms with Gasteiger partial charge in [-0.25, -0.2) is 0 Å². The number of nitrogens with zero attached hydrogens (tertiary/aromatic N) is 2. The largest absolute Gasteiger partial charge is 0.386 e. The molecule has 0 aromatic heterocycles. The predicted octanol–water partition coefficient (Wildman–Crippen LogP) is 4.90. The average molecular weight is 397 g/mol. The summed E-state index contributed by atoms with van der Waals surface area (Å²) >= 11 is 0. The summed E-state index contributed by atoms with van der Waals surface area (Å²) < 4.78 is 0. The fraction of sp³-hybridized carbons (Fsp3) is 0.560. The van der Waals surface area contributed by atoms with Gasteiger partial charge in [0.2, 0.25) is 0 Å². The van der Waals surface area contributed by atoms with Gasteiger partial charge in [0.05, 0.1) is 0 Å². The molecule has 2 aliphatic rings. The van der Waals surface area contributed by atoms with Crippen molar-refractivity contribution in [2.24, 2.45) is 5.92 Å². The molecule has 0 saturated carbocycles. The zero-order chi connectivity index (χ0) is 21.6. The van der Waals surface area contributed by atoms with Gasteiger partial charge in [-0.3, -0.25) is 0 Å². The molecule has 4 nitrogen and oxygen atoms in total. The second kappa shape index (κ2) is 10.6. The van der Waals surface area contributed by atoms with Crippen molar-refractivity contribution in [2.45, 2.75) is 53.0 Å². The van der Waals surface area contributed by atoms with Crippen LogP contribution in [0.25, 0.3) is 0 Å². The second-order valence-electron chi connectivity index (χ2n) is 8.85. The van der Waals surface area contributed by atoms with Gasteiger partial charge in [-0.1, -0.05) is 25.3 Å². The minimum atomic E-state index is 0.352. The van der Waals surface area contributed by atoms with E-state index in [0.717, 1.165) is 48.5 Å². The van der Waals surface area contributed by atoms with E-state index in [1.54, 1.807) is 0 Å². The highest BCUT2D eigenvalue weighted by atomic mass is 15.2. The number of rotatable bonds is 8. The summed E-state index contributed by atoms with van der Waals surface area (Å²) in [5, 5.41) is 11.2. The molecule has 0 aromatic carbocycles. The van der Waals surface area contributed by atoms with Crippen LogP contribution in [0.3, 0.4) is 0 Å². The zero-order valence-electron chi connectivity index (χ0n) is 19.1. The lowest BCUT2D eigenvalue weighted by atomic mass is 9.92. The maximum atomic E-state index is 7.81. The Morgan fingerprint density at radius 1 is 1.28 bits per heavy atom. The molecule has 0 aromatic rings. The van der Waals surface area contributed by atoms with E-state index in [2.05, 4.69) is 68.2 Å². The van der Waals surface area contributed by atoms with Crippen molar-refractivity contribution in [1.82, 2.24) is 15.1 Å². The molecule has 160 valence electrons. The van der Waals surface area contributed by atoms with E-state index in [1.165, 1.54) is 36.9 Å². The first-order valence-corrected chi connectivity index (χ1v) is 10.9. The van der Waals surface area contributed by atoms with E-state index in [4.69, 9.17) is 5.41 Å². The standard InChI is InChI=1S/C25H40N4/c1-18(2)27-21(5)25(16-26)20(4)15-19(3)23-10-13-29(14-11-23)22(6)24-9-8-12-28(7)17-24/h10,15-16,18,24,26-27H,3,6,8-9,11-14,17H2,1-2,4-5,7H3/b20-15-,25-21+,26-16?. The molecule has 0 radical (unpaired) electrons. The van der Waals surface area contributed by atoms with Gasteiger partial charge >= 0.3 is 0 Å². The lowest BCUT2D eigenvalue weighted by Crippen LogP contribution is -2.38. The van der Waals surface area contributed by atoms with Crippen LogP contribution in [0.1, 0.15) is 47.0 Å². The van der Waals surface area contributed by atoms with Crippen LogP contribution in [0.15, 0.2) is 59.0 Å². The van der Waals surface area contributed by atoms with Crippen molar-refractivity contribution >= 4 is 6.21 Å². The molecule has 2 rings (SSSR count). The maximum Gasteiger partial charge on any atom is 0.0362 e. The summed E-state index contributed by atoms with van der Waals surface area (Å²) in [7, 11) is 2.21. The normalized spacial score (nSPS) is 22.1. The minimum absolute atomic E-state index is 0.352. The number of nitrogens with one attached hydrogen (secondary N) is 2. The fourth-order valence-electron chi connectivity index (χ4n) is 4.38. The van der Waals surface area contributed by atoms with Crippen LogP contribution in [0.5, 0.6) is 0 Å². The number of allylic oxidation sites excluding steroid dienone is 5. The van der Waals surface area contributed by atoms with Gasteiger partial charge in [-0.15, -0.1) is 0 Å². The summed E-state index contributed by atoms with van der Waals surface area (Å²) in [4.78, 5) is 4.86. The summed E-state index contributed by atoms with van der Waals surface area (Å²) in [5.41, 5.74) is 6.72. The maximum absolute atomic E-state index is 7.81. The van der Waals surface area contributed by atoms with Crippen LogP contribution in [-0.4, -0.2) is 55.3 Å². The van der Waals surface area contributed by atoms with Crippen molar-refractivity contribution in [3.8, 4) is 0 Å². The fourth-order valence-corrected chi connectivity index (χ4v) is 4.38. The van der Waals surface area contributed by atoms with E-state index in [-0.39, 0.29) is 0 Å². The number of likely N-dealkylation sites (tertiary alicyclic amines) is 1. The summed E-state index contributed by atoms with van der Waals surface area (Å²) in [5.74, 6) is 0.589. The topological polar surface area (TPSA) is 42.4 Å². The Morgan fingerprint density at radius 3 is 2.55 bits per heavy atom. The first kappa shape index (κ1) is 23.2. The lowest BCUT2D eigenvalue weighted by Gasteiger charge is -2.38. The Hall–Kier alpha value is -2.07. The molecule has 1 unspecified atom stereocenters. The van der Waals surface area contributed by atoms with Crippen molar-refractivity contribution in [1.29, 1.82) is 5.41 Å². The van der Waals surface area contributed by atoms with Crippen LogP contribution in [-0.2, 0) is 0 Å². The van der Waals surface area contributed by atoms with Gasteiger partial charge in [0.15, 0.2) is 0 Å². The third-order valence-electron chi connectivity index (χ3n) is 5.99. The molecule has 1 saturated heterocycles. The van der Waals surface area contributed by atoms with E-state index >= 15 is 0 Å². The third kappa shape index (κ3) is 6.46. The van der Waals surface area contributed by atoms with E-state index in [0.29, 0.717) is 12.0 Å². The van der Waals surface area contributed by atoms with E-state index < -0.39 is 0 Å². The number of hydrogen-bond donors (Lipinski definition) is 2. The van der Waals surface area contributed by atoms with Gasteiger partial charge in [0.25, 0.3) is 0 Å². The highest BCUT2D eigenvalue weighted by Crippen LogP contribution is 2.28. The number of hydrogen-bond acceptors (Lipinski definition) is 4. The smallest absolute Gasteiger partial charge is 0.0362 e. The molecule has 29 heavy (non-hydrogen) atoms. The molecule has 2 N–H and O–H groups in total. The van der Waals surface area contributed by atoms with Crippen LogP contribution in [0, 0.1) is 11.3 Å². The third-order valence-corrected chi connectivity index (χ3v) is 5.99. The Balaban J connectivity index is 2.02. The SMILES string of the molecule is C=C(/C=C(C)\C(C=N)=C(/C)NC(C)C)C1=CCN(C(=C)C2CCCN(C)C2)CC1. The van der Waals surface area contributed by atoms with Gasteiger partial charge in [0.1, 0.15) is 0 Å². The molecule has 1 atom stereocenters. The van der Waals surface area contributed by atoms with Crippen LogP contribution in [0.4, 0.5) is 0 Å². The van der Waals surface area contributed by atoms with Crippen molar-refractivity contribution in [3.63, 3.8) is 0 Å². The molecular formula is C25H40N4. The monoisotopic (exact) mass is 396 g/mol. The Bertz CT molecular complexity index is 723. The Kier molecular flexibility index (Phi) is 8.51. The molecule has 0 amide bonds. The Morgan fingerprint density at radius 2 is 2.00 bits per heavy atom. The highest BCUT2D eigenvalue weighted by Gasteiger charge is 2.24. The first-order chi connectivity index (χ1) is 13.7. The van der Waals surface area contributed by atoms with Gasteiger partial charge in [-0.2, -0.15) is 0 Å². The molecule has 2 heterocycles. The van der Waals surface area contributed by atoms with Crippen molar-refractivity contribution in [2.75, 3.05) is 33.2 Å². The molecule has 1 fully saturated rings. The quantitative estimate of drug-likeness (QED) is 0.453. The highest BCUT2D eigenvalue weighted by molar-refractivity contribution is 5.83. The minimum Gasteiger partial charge on any atom is -0.386 e. The molecule has 0 spiro atoms. The van der Waals surface area contributed by atoms with E-state index in [9.17, 15) is 0 Å². The number of piperidine rings is 1. The van der Waals surface area contributed by atoms with Gasteiger partial charge in [-0.05, 0) is 77.3 Å².